The summed E-state index contributed by atoms with van der Waals surface area (Å²) in [7, 11) is -2.77. The van der Waals surface area contributed by atoms with Gasteiger partial charge in [0, 0.05) is 12.1 Å². The van der Waals surface area contributed by atoms with Gasteiger partial charge in [0.2, 0.25) is 0 Å². The van der Waals surface area contributed by atoms with Crippen molar-refractivity contribution in [2.45, 2.75) is 56.7 Å². The normalized spacial score (nSPS) is 36.1. The van der Waals surface area contributed by atoms with Crippen LogP contribution < -0.4 is 5.32 Å². The third-order valence-corrected chi connectivity index (χ3v) is 5.45. The predicted molar refractivity (Wildman–Crippen MR) is 63.1 cm³/mol. The zero-order valence-corrected chi connectivity index (χ0v) is 10.4. The van der Waals surface area contributed by atoms with Gasteiger partial charge in [0.25, 0.3) is 0 Å². The van der Waals surface area contributed by atoms with Gasteiger partial charge in [-0.3, -0.25) is 0 Å². The second kappa shape index (κ2) is 5.02. The largest absolute Gasteiger partial charge is 0.392 e. The lowest BCUT2D eigenvalue weighted by atomic mass is 9.91. The molecular formula is C11H21NO3S. The van der Waals surface area contributed by atoms with Gasteiger partial charge < -0.3 is 10.4 Å². The highest BCUT2D eigenvalue weighted by Gasteiger charge is 2.29. The summed E-state index contributed by atoms with van der Waals surface area (Å²) in [6.45, 7) is 0. The van der Waals surface area contributed by atoms with Crippen LogP contribution in [0.2, 0.25) is 0 Å². The van der Waals surface area contributed by atoms with Crippen molar-refractivity contribution in [1.29, 1.82) is 0 Å². The summed E-state index contributed by atoms with van der Waals surface area (Å²) in [5.74, 6) is 0.598. The highest BCUT2D eigenvalue weighted by Crippen LogP contribution is 2.21. The Labute approximate surface area is 97.3 Å². The number of hydrogen-bond donors (Lipinski definition) is 2. The highest BCUT2D eigenvalue weighted by molar-refractivity contribution is 7.91. The fourth-order valence-electron chi connectivity index (χ4n) is 2.67. The van der Waals surface area contributed by atoms with E-state index in [2.05, 4.69) is 5.32 Å². The second-order valence-corrected chi connectivity index (χ2v) is 7.35. The van der Waals surface area contributed by atoms with E-state index in [1.165, 1.54) is 6.42 Å². The summed E-state index contributed by atoms with van der Waals surface area (Å²) >= 11 is 0. The Morgan fingerprint density at radius 3 is 2.25 bits per heavy atom. The SMILES string of the molecule is O=S1(=O)CCC(NC2CCCCC2O)CC1. The summed E-state index contributed by atoms with van der Waals surface area (Å²) in [5.41, 5.74) is 0. The molecule has 0 amide bonds. The molecule has 4 nitrogen and oxygen atoms in total. The zero-order chi connectivity index (χ0) is 11.6. The summed E-state index contributed by atoms with van der Waals surface area (Å²) in [6, 6.07) is 0.459. The van der Waals surface area contributed by atoms with Crippen molar-refractivity contribution >= 4 is 9.84 Å². The van der Waals surface area contributed by atoms with Crippen molar-refractivity contribution in [1.82, 2.24) is 5.32 Å². The monoisotopic (exact) mass is 247 g/mol. The fraction of sp³-hybridized carbons (Fsp3) is 1.00. The Morgan fingerprint density at radius 1 is 1.00 bits per heavy atom. The molecule has 0 aromatic heterocycles. The molecule has 1 aliphatic heterocycles. The Morgan fingerprint density at radius 2 is 1.62 bits per heavy atom. The van der Waals surface area contributed by atoms with E-state index in [-0.39, 0.29) is 18.2 Å². The molecule has 94 valence electrons. The quantitative estimate of drug-likeness (QED) is 0.744. The molecule has 1 saturated carbocycles. The van der Waals surface area contributed by atoms with Gasteiger partial charge in [-0.2, -0.15) is 0 Å². The first-order chi connectivity index (χ1) is 7.57. The van der Waals surface area contributed by atoms with Gasteiger partial charge in [-0.25, -0.2) is 8.42 Å². The standard InChI is InChI=1S/C11H21NO3S/c13-11-4-2-1-3-10(11)12-9-5-7-16(14,15)8-6-9/h9-13H,1-8H2. The Balaban J connectivity index is 1.82. The summed E-state index contributed by atoms with van der Waals surface area (Å²) in [4.78, 5) is 0. The van der Waals surface area contributed by atoms with Gasteiger partial charge >= 0.3 is 0 Å². The first-order valence-corrected chi connectivity index (χ1v) is 8.03. The molecule has 0 aromatic carbocycles. The summed E-state index contributed by atoms with van der Waals surface area (Å²) in [5, 5.41) is 13.3. The molecule has 2 N–H and O–H groups in total. The average Bonchev–Trinajstić information content (AvgIpc) is 2.24. The lowest BCUT2D eigenvalue weighted by Crippen LogP contribution is -2.49. The van der Waals surface area contributed by atoms with E-state index in [1.54, 1.807) is 0 Å². The third kappa shape index (κ3) is 3.18. The number of rotatable bonds is 2. The van der Waals surface area contributed by atoms with Gasteiger partial charge in [0.05, 0.1) is 17.6 Å². The Hall–Kier alpha value is -0.130. The molecule has 1 heterocycles. The molecule has 0 radical (unpaired) electrons. The summed E-state index contributed by atoms with van der Waals surface area (Å²) in [6.07, 6.45) is 5.33. The minimum absolute atomic E-state index is 0.180. The molecule has 1 saturated heterocycles. The van der Waals surface area contributed by atoms with Gasteiger partial charge in [-0.15, -0.1) is 0 Å². The van der Waals surface area contributed by atoms with Crippen LogP contribution in [0.3, 0.4) is 0 Å². The van der Waals surface area contributed by atoms with Crippen molar-refractivity contribution in [3.8, 4) is 0 Å². The number of hydrogen-bond acceptors (Lipinski definition) is 4. The molecule has 0 spiro atoms. The number of nitrogens with one attached hydrogen (secondary N) is 1. The molecule has 16 heavy (non-hydrogen) atoms. The fourth-order valence-corrected chi connectivity index (χ4v) is 4.16. The molecule has 2 atom stereocenters. The average molecular weight is 247 g/mol. The number of sulfone groups is 1. The van der Waals surface area contributed by atoms with E-state index in [9.17, 15) is 13.5 Å². The minimum Gasteiger partial charge on any atom is -0.392 e. The topological polar surface area (TPSA) is 66.4 Å². The van der Waals surface area contributed by atoms with Gasteiger partial charge in [0.15, 0.2) is 0 Å². The number of aliphatic hydroxyl groups excluding tert-OH is 1. The van der Waals surface area contributed by atoms with Crippen molar-refractivity contribution in [2.75, 3.05) is 11.5 Å². The van der Waals surface area contributed by atoms with E-state index in [4.69, 9.17) is 0 Å². The Kier molecular flexibility index (Phi) is 3.87. The Bertz CT molecular complexity index is 314. The van der Waals surface area contributed by atoms with E-state index < -0.39 is 9.84 Å². The lowest BCUT2D eigenvalue weighted by molar-refractivity contribution is 0.0840. The summed E-state index contributed by atoms with van der Waals surface area (Å²) < 4.78 is 22.6. The third-order valence-electron chi connectivity index (χ3n) is 3.73. The van der Waals surface area contributed by atoms with Crippen LogP contribution in [0.15, 0.2) is 0 Å². The molecule has 2 aliphatic rings. The predicted octanol–water partition coefficient (Wildman–Crippen LogP) is 0.457. The van der Waals surface area contributed by atoms with Crippen LogP contribution in [-0.2, 0) is 9.84 Å². The van der Waals surface area contributed by atoms with Crippen LogP contribution >= 0.6 is 0 Å². The lowest BCUT2D eigenvalue weighted by Gasteiger charge is -2.33. The van der Waals surface area contributed by atoms with Gasteiger partial charge in [-0.1, -0.05) is 12.8 Å². The minimum atomic E-state index is -2.77. The van der Waals surface area contributed by atoms with Crippen molar-refractivity contribution in [3.63, 3.8) is 0 Å². The van der Waals surface area contributed by atoms with Crippen LogP contribution in [0.1, 0.15) is 38.5 Å². The maximum absolute atomic E-state index is 11.3. The first-order valence-electron chi connectivity index (χ1n) is 6.21. The molecule has 2 unspecified atom stereocenters. The van der Waals surface area contributed by atoms with E-state index in [0.717, 1.165) is 19.3 Å². The maximum Gasteiger partial charge on any atom is 0.150 e. The van der Waals surface area contributed by atoms with Gasteiger partial charge in [0.1, 0.15) is 9.84 Å². The molecule has 2 rings (SSSR count). The first kappa shape index (κ1) is 12.3. The van der Waals surface area contributed by atoms with Crippen molar-refractivity contribution < 1.29 is 13.5 Å². The van der Waals surface area contributed by atoms with Crippen molar-refractivity contribution in [2.24, 2.45) is 0 Å². The van der Waals surface area contributed by atoms with Crippen LogP contribution in [0.25, 0.3) is 0 Å². The molecule has 1 aliphatic carbocycles. The van der Waals surface area contributed by atoms with Crippen molar-refractivity contribution in [3.05, 3.63) is 0 Å². The van der Waals surface area contributed by atoms with Crippen LogP contribution in [0, 0.1) is 0 Å². The van der Waals surface area contributed by atoms with E-state index in [1.807, 2.05) is 0 Å². The molecule has 2 fully saturated rings. The van der Waals surface area contributed by atoms with Crippen LogP contribution in [0.4, 0.5) is 0 Å². The zero-order valence-electron chi connectivity index (χ0n) is 9.56. The molecular weight excluding hydrogens is 226 g/mol. The number of aliphatic hydroxyl groups is 1. The van der Waals surface area contributed by atoms with Crippen LogP contribution in [0.5, 0.6) is 0 Å². The molecule has 0 bridgehead atoms. The molecule has 0 aromatic rings. The van der Waals surface area contributed by atoms with E-state index >= 15 is 0 Å². The maximum atomic E-state index is 11.3. The van der Waals surface area contributed by atoms with E-state index in [0.29, 0.717) is 24.3 Å². The van der Waals surface area contributed by atoms with Crippen LogP contribution in [-0.4, -0.2) is 43.2 Å². The molecule has 5 heteroatoms. The smallest absolute Gasteiger partial charge is 0.150 e. The second-order valence-electron chi connectivity index (χ2n) is 5.05. The van der Waals surface area contributed by atoms with Gasteiger partial charge in [-0.05, 0) is 25.7 Å². The highest BCUT2D eigenvalue weighted by atomic mass is 32.2.